The summed E-state index contributed by atoms with van der Waals surface area (Å²) in [5, 5.41) is 7.87. The molecule has 1 atom stereocenters. The molecule has 6 heteroatoms. The van der Waals surface area contributed by atoms with E-state index in [1.807, 2.05) is 28.0 Å². The molecule has 1 N–H and O–H groups in total. The van der Waals surface area contributed by atoms with E-state index in [2.05, 4.69) is 29.1 Å². The Kier molecular flexibility index (Phi) is 4.79. The Morgan fingerprint density at radius 3 is 3.09 bits per heavy atom. The first kappa shape index (κ1) is 15.8. The zero-order valence-electron chi connectivity index (χ0n) is 13.9. The normalized spacial score (nSPS) is 18.6. The largest absolute Gasteiger partial charge is 0.357 e. The summed E-state index contributed by atoms with van der Waals surface area (Å²) in [6.45, 7) is 6.83. The number of carbonyl (C=O) groups excluding carboxylic acids is 1. The van der Waals surface area contributed by atoms with Gasteiger partial charge >= 0.3 is 0 Å². The molecule has 0 saturated carbocycles. The molecule has 0 aliphatic carbocycles. The maximum absolute atomic E-state index is 12.7. The lowest BCUT2D eigenvalue weighted by molar-refractivity contribution is 0.0654. The molecule has 2 aromatic heterocycles. The number of rotatable bonds is 5. The Balaban J connectivity index is 1.61. The Hall–Kier alpha value is -2.11. The molecule has 6 nitrogen and oxygen atoms in total. The predicted octanol–water partition coefficient (Wildman–Crippen LogP) is 2.36. The molecular formula is C17H25N5O. The molecule has 1 fully saturated rings. The molecule has 1 unspecified atom stereocenters. The van der Waals surface area contributed by atoms with Crippen molar-refractivity contribution in [2.45, 2.75) is 39.7 Å². The molecule has 0 bridgehead atoms. The summed E-state index contributed by atoms with van der Waals surface area (Å²) in [6, 6.07) is 2.00. The van der Waals surface area contributed by atoms with Gasteiger partial charge in [0.2, 0.25) is 0 Å². The highest BCUT2D eigenvalue weighted by atomic mass is 16.2. The number of carbonyl (C=O) groups is 1. The second-order valence-corrected chi connectivity index (χ2v) is 6.90. The zero-order chi connectivity index (χ0) is 16.2. The molecule has 1 saturated heterocycles. The van der Waals surface area contributed by atoms with Crippen molar-refractivity contribution in [2.75, 3.05) is 13.1 Å². The Morgan fingerprint density at radius 1 is 1.48 bits per heavy atom. The molecule has 0 aromatic carbocycles. The van der Waals surface area contributed by atoms with Crippen LogP contribution in [0.2, 0.25) is 0 Å². The van der Waals surface area contributed by atoms with E-state index in [4.69, 9.17) is 0 Å². The zero-order valence-corrected chi connectivity index (χ0v) is 13.9. The maximum atomic E-state index is 12.7. The first-order valence-electron chi connectivity index (χ1n) is 8.42. The van der Waals surface area contributed by atoms with Gasteiger partial charge in [-0.3, -0.25) is 9.48 Å². The Morgan fingerprint density at radius 2 is 2.35 bits per heavy atom. The third kappa shape index (κ3) is 4.00. The van der Waals surface area contributed by atoms with Gasteiger partial charge in [0.15, 0.2) is 0 Å². The van der Waals surface area contributed by atoms with Crippen LogP contribution in [0.4, 0.5) is 0 Å². The van der Waals surface area contributed by atoms with Crippen molar-refractivity contribution in [1.29, 1.82) is 0 Å². The second kappa shape index (κ2) is 6.98. The van der Waals surface area contributed by atoms with Crippen LogP contribution in [0.15, 0.2) is 24.7 Å². The minimum Gasteiger partial charge on any atom is -0.357 e. The predicted molar refractivity (Wildman–Crippen MR) is 88.0 cm³/mol. The summed E-state index contributed by atoms with van der Waals surface area (Å²) in [5.41, 5.74) is 1.92. The van der Waals surface area contributed by atoms with Gasteiger partial charge in [0.05, 0.1) is 6.20 Å². The number of H-pyrrole nitrogens is 1. The first-order valence-corrected chi connectivity index (χ1v) is 8.42. The van der Waals surface area contributed by atoms with Crippen molar-refractivity contribution in [1.82, 2.24) is 24.9 Å². The Bertz CT molecular complexity index is 631. The van der Waals surface area contributed by atoms with Crippen LogP contribution >= 0.6 is 0 Å². The van der Waals surface area contributed by atoms with Gasteiger partial charge in [0.25, 0.3) is 5.91 Å². The minimum absolute atomic E-state index is 0.114. The van der Waals surface area contributed by atoms with E-state index in [1.54, 1.807) is 6.20 Å². The van der Waals surface area contributed by atoms with E-state index >= 15 is 0 Å². The van der Waals surface area contributed by atoms with Crippen LogP contribution in [-0.2, 0) is 13.0 Å². The number of hydrogen-bond donors (Lipinski definition) is 1. The summed E-state index contributed by atoms with van der Waals surface area (Å²) in [6.07, 6.45) is 8.71. The van der Waals surface area contributed by atoms with Gasteiger partial charge in [-0.1, -0.05) is 19.1 Å². The molecule has 3 rings (SSSR count). The quantitative estimate of drug-likeness (QED) is 0.921. The molecule has 1 aliphatic heterocycles. The number of aromatic nitrogens is 4. The second-order valence-electron chi connectivity index (χ2n) is 6.90. The average Bonchev–Trinajstić information content (AvgIpc) is 3.18. The van der Waals surface area contributed by atoms with Crippen molar-refractivity contribution in [3.8, 4) is 0 Å². The van der Waals surface area contributed by atoms with E-state index < -0.39 is 0 Å². The number of nitrogens with one attached hydrogen (secondary N) is 1. The fourth-order valence-corrected chi connectivity index (χ4v) is 3.32. The number of nitrogens with zero attached hydrogens (tertiary/aromatic N) is 4. The molecule has 1 amide bonds. The van der Waals surface area contributed by atoms with Gasteiger partial charge in [0, 0.05) is 32.0 Å². The van der Waals surface area contributed by atoms with E-state index in [0.717, 1.165) is 38.9 Å². The third-order valence-electron chi connectivity index (χ3n) is 4.34. The number of piperidine rings is 1. The average molecular weight is 315 g/mol. The van der Waals surface area contributed by atoms with Crippen LogP contribution in [0.25, 0.3) is 0 Å². The standard InChI is InChI=1S/C17H25N5O/c1-13(2)8-15-9-16(18-10-15)17(23)21-6-3-4-14(11-21)12-22-7-5-19-20-22/h5,7,9-10,13-14,18H,3-4,6,8,11-12H2,1-2H3. The first-order chi connectivity index (χ1) is 11.1. The lowest BCUT2D eigenvalue weighted by Crippen LogP contribution is -2.41. The molecule has 124 valence electrons. The van der Waals surface area contributed by atoms with Gasteiger partial charge < -0.3 is 9.88 Å². The fraction of sp³-hybridized carbons (Fsp3) is 0.588. The topological polar surface area (TPSA) is 66.8 Å². The van der Waals surface area contributed by atoms with Crippen LogP contribution in [0, 0.1) is 11.8 Å². The molecular weight excluding hydrogens is 290 g/mol. The molecule has 1 aliphatic rings. The fourth-order valence-electron chi connectivity index (χ4n) is 3.32. The van der Waals surface area contributed by atoms with E-state index in [-0.39, 0.29) is 5.91 Å². The summed E-state index contributed by atoms with van der Waals surface area (Å²) < 4.78 is 1.86. The monoisotopic (exact) mass is 315 g/mol. The van der Waals surface area contributed by atoms with Gasteiger partial charge in [-0.05, 0) is 42.7 Å². The molecule has 0 spiro atoms. The number of hydrogen-bond acceptors (Lipinski definition) is 3. The number of aromatic amines is 1. The number of likely N-dealkylation sites (tertiary alicyclic amines) is 1. The van der Waals surface area contributed by atoms with E-state index in [9.17, 15) is 4.79 Å². The highest BCUT2D eigenvalue weighted by molar-refractivity contribution is 5.92. The van der Waals surface area contributed by atoms with Crippen LogP contribution in [0.5, 0.6) is 0 Å². The highest BCUT2D eigenvalue weighted by Gasteiger charge is 2.25. The van der Waals surface area contributed by atoms with Crippen LogP contribution in [-0.4, -0.2) is 43.9 Å². The van der Waals surface area contributed by atoms with Crippen molar-refractivity contribution < 1.29 is 4.79 Å². The summed E-state index contributed by atoms with van der Waals surface area (Å²) in [4.78, 5) is 17.8. The molecule has 0 radical (unpaired) electrons. The van der Waals surface area contributed by atoms with Gasteiger partial charge in [-0.15, -0.1) is 5.10 Å². The smallest absolute Gasteiger partial charge is 0.270 e. The molecule has 3 heterocycles. The SMILES string of the molecule is CC(C)Cc1c[nH]c(C(=O)N2CCCC(Cn3ccnn3)C2)c1. The maximum Gasteiger partial charge on any atom is 0.270 e. The van der Waals surface area contributed by atoms with Crippen LogP contribution < -0.4 is 0 Å². The van der Waals surface area contributed by atoms with Gasteiger partial charge in [-0.25, -0.2) is 0 Å². The number of amides is 1. The summed E-state index contributed by atoms with van der Waals surface area (Å²) >= 11 is 0. The lowest BCUT2D eigenvalue weighted by Gasteiger charge is -2.32. The van der Waals surface area contributed by atoms with Crippen molar-refractivity contribution in [2.24, 2.45) is 11.8 Å². The van der Waals surface area contributed by atoms with Gasteiger partial charge in [0.1, 0.15) is 5.69 Å². The van der Waals surface area contributed by atoms with Gasteiger partial charge in [-0.2, -0.15) is 0 Å². The minimum atomic E-state index is 0.114. The third-order valence-corrected chi connectivity index (χ3v) is 4.34. The summed E-state index contributed by atoms with van der Waals surface area (Å²) in [7, 11) is 0. The van der Waals surface area contributed by atoms with Crippen LogP contribution in [0.3, 0.4) is 0 Å². The Labute approximate surface area is 136 Å². The molecule has 2 aromatic rings. The highest BCUT2D eigenvalue weighted by Crippen LogP contribution is 2.20. The van der Waals surface area contributed by atoms with Crippen molar-refractivity contribution in [3.63, 3.8) is 0 Å². The van der Waals surface area contributed by atoms with Crippen LogP contribution in [0.1, 0.15) is 42.7 Å². The summed E-state index contributed by atoms with van der Waals surface area (Å²) in [5.74, 6) is 1.15. The van der Waals surface area contributed by atoms with E-state index in [1.165, 1.54) is 5.56 Å². The van der Waals surface area contributed by atoms with Crippen molar-refractivity contribution >= 4 is 5.91 Å². The lowest BCUT2D eigenvalue weighted by atomic mass is 9.97. The van der Waals surface area contributed by atoms with E-state index in [0.29, 0.717) is 17.5 Å². The molecule has 23 heavy (non-hydrogen) atoms. The van der Waals surface area contributed by atoms with Crippen molar-refractivity contribution in [3.05, 3.63) is 35.9 Å².